The van der Waals surface area contributed by atoms with Crippen LogP contribution in [0.2, 0.25) is 0 Å². The number of unbranched alkanes of at least 4 members (excludes halogenated alkanes) is 38. The quantitative estimate of drug-likeness (QED) is 0.0359. The highest BCUT2D eigenvalue weighted by Crippen LogP contribution is 2.16. The molecule has 0 unspecified atom stereocenters. The van der Waals surface area contributed by atoms with E-state index in [0.29, 0.717) is 13.0 Å². The van der Waals surface area contributed by atoms with Crippen LogP contribution in [0.4, 0.5) is 0 Å². The van der Waals surface area contributed by atoms with Crippen molar-refractivity contribution < 1.29 is 9.53 Å². The summed E-state index contributed by atoms with van der Waals surface area (Å²) in [6.45, 7) is 5.22. The van der Waals surface area contributed by atoms with Crippen molar-refractivity contribution in [2.24, 2.45) is 0 Å². The summed E-state index contributed by atoms with van der Waals surface area (Å²) < 4.78 is 5.48. The van der Waals surface area contributed by atoms with Crippen molar-refractivity contribution >= 4 is 5.97 Å². The average molecular weight is 703 g/mol. The molecule has 0 aromatic heterocycles. The van der Waals surface area contributed by atoms with Gasteiger partial charge in [-0.2, -0.15) is 0 Å². The molecule has 0 bridgehead atoms. The predicted molar refractivity (Wildman–Crippen MR) is 225 cm³/mol. The van der Waals surface area contributed by atoms with E-state index in [9.17, 15) is 4.79 Å². The molecule has 0 aliphatic carbocycles. The Kier molecular flexibility index (Phi) is 45.5. The van der Waals surface area contributed by atoms with E-state index in [1.807, 2.05) is 0 Å². The van der Waals surface area contributed by atoms with Gasteiger partial charge in [-0.3, -0.25) is 4.79 Å². The van der Waals surface area contributed by atoms with Crippen molar-refractivity contribution in [3.05, 3.63) is 12.2 Å². The molecule has 50 heavy (non-hydrogen) atoms. The van der Waals surface area contributed by atoms with E-state index in [4.69, 9.17) is 4.74 Å². The number of rotatable bonds is 44. The standard InChI is InChI=1S/C48H94O2/c1-3-5-7-9-11-13-15-17-19-21-23-25-26-27-28-30-32-34-36-38-40-42-44-46-48(49)50-47-45-43-41-39-37-35-33-31-29-24-22-20-18-16-14-12-10-8-6-4-2/h18,20H,3-17,19,21-47H2,1-2H3/b20-18-. The maximum atomic E-state index is 12.0. The molecule has 2 nitrogen and oxygen atoms in total. The molecule has 298 valence electrons. The van der Waals surface area contributed by atoms with Crippen LogP contribution in [-0.4, -0.2) is 12.6 Å². The number of esters is 1. The molecular formula is C48H94O2. The zero-order chi connectivity index (χ0) is 36.1. The lowest BCUT2D eigenvalue weighted by Gasteiger charge is -2.06. The number of carbonyl (C=O) groups is 1. The Balaban J connectivity index is 3.17. The van der Waals surface area contributed by atoms with Crippen molar-refractivity contribution in [2.45, 2.75) is 284 Å². The number of ether oxygens (including phenoxy) is 1. The first kappa shape index (κ1) is 49.2. The van der Waals surface area contributed by atoms with Gasteiger partial charge < -0.3 is 4.74 Å². The third-order valence-electron chi connectivity index (χ3n) is 10.9. The fourth-order valence-corrected chi connectivity index (χ4v) is 7.37. The lowest BCUT2D eigenvalue weighted by molar-refractivity contribution is -0.143. The number of allylic oxidation sites excluding steroid dienone is 2. The third kappa shape index (κ3) is 45.2. The minimum absolute atomic E-state index is 0.0294. The largest absolute Gasteiger partial charge is 0.466 e. The first-order valence-electron chi connectivity index (χ1n) is 23.6. The van der Waals surface area contributed by atoms with Crippen molar-refractivity contribution in [1.82, 2.24) is 0 Å². The maximum absolute atomic E-state index is 12.0. The van der Waals surface area contributed by atoms with Gasteiger partial charge >= 0.3 is 5.97 Å². The Labute approximate surface area is 316 Å². The van der Waals surface area contributed by atoms with Gasteiger partial charge in [0.25, 0.3) is 0 Å². The topological polar surface area (TPSA) is 26.3 Å². The Bertz CT molecular complexity index is 640. The Morgan fingerprint density at radius 3 is 0.860 bits per heavy atom. The summed E-state index contributed by atoms with van der Waals surface area (Å²) in [7, 11) is 0. The molecule has 0 heterocycles. The van der Waals surface area contributed by atoms with Gasteiger partial charge in [-0.05, 0) is 38.5 Å². The van der Waals surface area contributed by atoms with E-state index >= 15 is 0 Å². The fraction of sp³-hybridized carbons (Fsp3) is 0.938. The summed E-state index contributed by atoms with van der Waals surface area (Å²) in [5.74, 6) is 0.0294. The highest BCUT2D eigenvalue weighted by molar-refractivity contribution is 5.69. The highest BCUT2D eigenvalue weighted by atomic mass is 16.5. The Hall–Kier alpha value is -0.790. The second kappa shape index (κ2) is 46.2. The van der Waals surface area contributed by atoms with E-state index in [0.717, 1.165) is 12.8 Å². The van der Waals surface area contributed by atoms with Crippen molar-refractivity contribution in [1.29, 1.82) is 0 Å². The lowest BCUT2D eigenvalue weighted by Crippen LogP contribution is -2.05. The molecule has 0 spiro atoms. The van der Waals surface area contributed by atoms with Crippen molar-refractivity contribution in [2.75, 3.05) is 6.61 Å². The minimum Gasteiger partial charge on any atom is -0.466 e. The highest BCUT2D eigenvalue weighted by Gasteiger charge is 2.03. The van der Waals surface area contributed by atoms with Crippen LogP contribution in [0.5, 0.6) is 0 Å². The zero-order valence-electron chi connectivity index (χ0n) is 34.9. The van der Waals surface area contributed by atoms with Crippen LogP contribution in [0.3, 0.4) is 0 Å². The summed E-state index contributed by atoms with van der Waals surface area (Å²) in [5, 5.41) is 0. The van der Waals surface area contributed by atoms with Gasteiger partial charge in [-0.1, -0.05) is 251 Å². The number of hydrogen-bond acceptors (Lipinski definition) is 2. The van der Waals surface area contributed by atoms with E-state index in [1.165, 1.54) is 250 Å². The molecule has 0 N–H and O–H groups in total. The molecule has 0 aromatic rings. The van der Waals surface area contributed by atoms with Crippen LogP contribution in [0.25, 0.3) is 0 Å². The molecule has 0 aliphatic rings. The summed E-state index contributed by atoms with van der Waals surface area (Å²) >= 11 is 0. The molecule has 0 rings (SSSR count). The third-order valence-corrected chi connectivity index (χ3v) is 10.9. The van der Waals surface area contributed by atoms with Gasteiger partial charge in [-0.25, -0.2) is 0 Å². The lowest BCUT2D eigenvalue weighted by atomic mass is 10.0. The average Bonchev–Trinajstić information content (AvgIpc) is 3.12. The van der Waals surface area contributed by atoms with E-state index < -0.39 is 0 Å². The molecule has 0 saturated heterocycles. The van der Waals surface area contributed by atoms with E-state index in [2.05, 4.69) is 26.0 Å². The molecule has 0 atom stereocenters. The SMILES string of the molecule is CCCCCCCC/C=C\CCCCCCCCCCCCOC(=O)CCCCCCCCCCCCCCCCCCCCCCCCC. The molecule has 0 saturated carbocycles. The fourth-order valence-electron chi connectivity index (χ4n) is 7.37. The number of carbonyl (C=O) groups excluding carboxylic acids is 1. The molecule has 0 amide bonds. The van der Waals surface area contributed by atoms with Gasteiger partial charge in [0.15, 0.2) is 0 Å². The Morgan fingerprint density at radius 1 is 0.320 bits per heavy atom. The van der Waals surface area contributed by atoms with Crippen LogP contribution >= 0.6 is 0 Å². The van der Waals surface area contributed by atoms with Crippen LogP contribution in [0, 0.1) is 0 Å². The van der Waals surface area contributed by atoms with E-state index in [1.54, 1.807) is 0 Å². The smallest absolute Gasteiger partial charge is 0.305 e. The molecule has 0 fully saturated rings. The summed E-state index contributed by atoms with van der Waals surface area (Å²) in [5.41, 5.74) is 0. The van der Waals surface area contributed by atoms with Gasteiger partial charge in [0.1, 0.15) is 0 Å². The van der Waals surface area contributed by atoms with Crippen LogP contribution < -0.4 is 0 Å². The Morgan fingerprint density at radius 2 is 0.560 bits per heavy atom. The maximum Gasteiger partial charge on any atom is 0.305 e. The van der Waals surface area contributed by atoms with Gasteiger partial charge in [0.05, 0.1) is 6.61 Å². The molecule has 2 heteroatoms. The monoisotopic (exact) mass is 703 g/mol. The first-order valence-corrected chi connectivity index (χ1v) is 23.6. The molecule has 0 aliphatic heterocycles. The minimum atomic E-state index is 0.0294. The van der Waals surface area contributed by atoms with E-state index in [-0.39, 0.29) is 5.97 Å². The zero-order valence-corrected chi connectivity index (χ0v) is 34.9. The molecular weight excluding hydrogens is 609 g/mol. The van der Waals surface area contributed by atoms with Gasteiger partial charge in [0, 0.05) is 6.42 Å². The van der Waals surface area contributed by atoms with Gasteiger partial charge in [0.2, 0.25) is 0 Å². The summed E-state index contributed by atoms with van der Waals surface area (Å²) in [6.07, 6.45) is 61.9. The van der Waals surface area contributed by atoms with Crippen molar-refractivity contribution in [3.63, 3.8) is 0 Å². The summed E-state index contributed by atoms with van der Waals surface area (Å²) in [4.78, 5) is 12.0. The first-order chi connectivity index (χ1) is 24.8. The van der Waals surface area contributed by atoms with Crippen molar-refractivity contribution in [3.8, 4) is 0 Å². The molecule has 0 aromatic carbocycles. The van der Waals surface area contributed by atoms with Crippen LogP contribution in [0.1, 0.15) is 284 Å². The second-order valence-corrected chi connectivity index (χ2v) is 16.1. The van der Waals surface area contributed by atoms with Gasteiger partial charge in [-0.15, -0.1) is 0 Å². The van der Waals surface area contributed by atoms with Crippen LogP contribution in [-0.2, 0) is 9.53 Å². The second-order valence-electron chi connectivity index (χ2n) is 16.1. The number of hydrogen-bond donors (Lipinski definition) is 0. The van der Waals surface area contributed by atoms with Crippen LogP contribution in [0.15, 0.2) is 12.2 Å². The normalized spacial score (nSPS) is 11.6. The molecule has 0 radical (unpaired) electrons. The predicted octanol–water partition coefficient (Wildman–Crippen LogP) is 17.5. The summed E-state index contributed by atoms with van der Waals surface area (Å²) in [6, 6.07) is 0.